The van der Waals surface area contributed by atoms with Gasteiger partial charge in [0.2, 0.25) is 0 Å². The van der Waals surface area contributed by atoms with Crippen LogP contribution in [0, 0.1) is 0 Å². The molecular weight excluding hydrogens is 196 g/mol. The van der Waals surface area contributed by atoms with Crippen LogP contribution in [0.5, 0.6) is 0 Å². The van der Waals surface area contributed by atoms with Crippen LogP contribution in [0.2, 0.25) is 0 Å². The summed E-state index contributed by atoms with van der Waals surface area (Å²) in [6.07, 6.45) is 0.970. The Morgan fingerprint density at radius 1 is 1.29 bits per heavy atom. The van der Waals surface area contributed by atoms with Crippen molar-refractivity contribution in [3.05, 3.63) is 35.9 Å². The van der Waals surface area contributed by atoms with E-state index in [1.54, 1.807) is 0 Å². The number of nitrogens with zero attached hydrogens (tertiary/aromatic N) is 2. The Labute approximate surface area is 91.1 Å². The number of hydrogen-bond donors (Lipinski definition) is 0. The number of halogens is 1. The van der Waals surface area contributed by atoms with E-state index >= 15 is 0 Å². The van der Waals surface area contributed by atoms with E-state index in [4.69, 9.17) is 0 Å². The van der Waals surface area contributed by atoms with Gasteiger partial charge in [-0.05, 0) is 5.56 Å². The molecule has 1 heterocycles. The van der Waals surface area contributed by atoms with Crippen molar-refractivity contribution in [3.8, 4) is 0 Å². The lowest BCUT2D eigenvalue weighted by Gasteiger charge is -2.13. The minimum absolute atomic E-state index is 0. The first kappa shape index (κ1) is 11.1. The van der Waals surface area contributed by atoms with Crippen LogP contribution in [0.25, 0.3) is 0 Å². The third-order valence-electron chi connectivity index (χ3n) is 2.38. The fraction of sp³-hybridized carbons (Fsp3) is 0.364. The third-order valence-corrected chi connectivity index (χ3v) is 2.38. The zero-order chi connectivity index (χ0) is 9.10. The maximum absolute atomic E-state index is 4.45. The van der Waals surface area contributed by atoms with Gasteiger partial charge in [0.15, 0.2) is 0 Å². The molecule has 3 heteroatoms. The highest BCUT2D eigenvalue weighted by Crippen LogP contribution is 2.06. The summed E-state index contributed by atoms with van der Waals surface area (Å²) in [6, 6.07) is 10.5. The zero-order valence-electron chi connectivity index (χ0n) is 8.31. The lowest BCUT2D eigenvalue weighted by Crippen LogP contribution is -2.24. The molecule has 1 aliphatic rings. The first-order valence-corrected chi connectivity index (χ1v) is 4.64. The molecule has 0 aliphatic carbocycles. The molecule has 2 nitrogen and oxygen atoms in total. The number of aliphatic imine (C=N–C) groups is 1. The number of benzene rings is 1. The Morgan fingerprint density at radius 3 is 2.57 bits per heavy atom. The van der Waals surface area contributed by atoms with E-state index in [1.807, 2.05) is 6.07 Å². The van der Waals surface area contributed by atoms with Crippen LogP contribution in [0.15, 0.2) is 35.3 Å². The molecule has 0 spiro atoms. The maximum atomic E-state index is 4.45. The van der Waals surface area contributed by atoms with Gasteiger partial charge in [-0.1, -0.05) is 30.3 Å². The molecule has 0 N–H and O–H groups in total. The summed E-state index contributed by atoms with van der Waals surface area (Å²) in [6.45, 7) is 2.03. The van der Waals surface area contributed by atoms with Crippen LogP contribution >= 0.6 is 12.4 Å². The Balaban J connectivity index is 0.000000980. The molecule has 2 rings (SSSR count). The largest absolute Gasteiger partial charge is 0.361 e. The predicted octanol–water partition coefficient (Wildman–Crippen LogP) is 1.99. The van der Waals surface area contributed by atoms with E-state index in [1.165, 1.54) is 11.4 Å². The molecule has 0 bridgehead atoms. The minimum atomic E-state index is 0. The molecule has 1 aromatic rings. The second kappa shape index (κ2) is 5.01. The van der Waals surface area contributed by atoms with Crippen LogP contribution in [0.4, 0.5) is 0 Å². The standard InChI is InChI=1S/C11H14N2.ClH/c1-13-8-7-12-11(13)9-10-5-3-2-4-6-10;/h2-6H,7-9H2,1H3;1H. The summed E-state index contributed by atoms with van der Waals surface area (Å²) in [4.78, 5) is 6.68. The topological polar surface area (TPSA) is 15.6 Å². The average Bonchev–Trinajstić information content (AvgIpc) is 2.54. The smallest absolute Gasteiger partial charge is 0.103 e. The summed E-state index contributed by atoms with van der Waals surface area (Å²) in [7, 11) is 2.11. The summed E-state index contributed by atoms with van der Waals surface area (Å²) in [5.41, 5.74) is 1.34. The quantitative estimate of drug-likeness (QED) is 0.729. The second-order valence-electron chi connectivity index (χ2n) is 3.38. The van der Waals surface area contributed by atoms with Crippen molar-refractivity contribution in [2.24, 2.45) is 4.99 Å². The van der Waals surface area contributed by atoms with Gasteiger partial charge in [-0.15, -0.1) is 12.4 Å². The molecule has 0 fully saturated rings. The van der Waals surface area contributed by atoms with E-state index < -0.39 is 0 Å². The van der Waals surface area contributed by atoms with Crippen molar-refractivity contribution in [1.29, 1.82) is 0 Å². The van der Waals surface area contributed by atoms with Gasteiger partial charge in [0, 0.05) is 20.0 Å². The van der Waals surface area contributed by atoms with Crippen LogP contribution in [0.3, 0.4) is 0 Å². The molecule has 0 saturated heterocycles. The number of rotatable bonds is 2. The Hall–Kier alpha value is -1.02. The van der Waals surface area contributed by atoms with Crippen LogP contribution < -0.4 is 0 Å². The number of amidine groups is 1. The zero-order valence-corrected chi connectivity index (χ0v) is 9.13. The van der Waals surface area contributed by atoms with Gasteiger partial charge in [-0.2, -0.15) is 0 Å². The molecule has 0 amide bonds. The SMILES string of the molecule is CN1CCN=C1Cc1ccccc1.Cl. The highest BCUT2D eigenvalue weighted by Gasteiger charge is 2.11. The maximum Gasteiger partial charge on any atom is 0.103 e. The number of likely N-dealkylation sites (N-methyl/N-ethyl adjacent to an activating group) is 1. The van der Waals surface area contributed by atoms with Crippen molar-refractivity contribution in [1.82, 2.24) is 4.90 Å². The highest BCUT2D eigenvalue weighted by atomic mass is 35.5. The molecule has 0 aromatic heterocycles. The normalized spacial score (nSPS) is 14.9. The Morgan fingerprint density at radius 2 is 2.00 bits per heavy atom. The summed E-state index contributed by atoms with van der Waals surface area (Å²) < 4.78 is 0. The molecule has 0 saturated carbocycles. The van der Waals surface area contributed by atoms with Gasteiger partial charge in [0.1, 0.15) is 5.84 Å². The first-order chi connectivity index (χ1) is 6.36. The van der Waals surface area contributed by atoms with Crippen molar-refractivity contribution >= 4 is 18.2 Å². The molecular formula is C11H15ClN2. The molecule has 0 atom stereocenters. The Bertz CT molecular complexity index is 308. The van der Waals surface area contributed by atoms with Crippen molar-refractivity contribution in [3.63, 3.8) is 0 Å². The van der Waals surface area contributed by atoms with Crippen molar-refractivity contribution < 1.29 is 0 Å². The van der Waals surface area contributed by atoms with Gasteiger partial charge in [-0.25, -0.2) is 0 Å². The fourth-order valence-corrected chi connectivity index (χ4v) is 1.55. The average molecular weight is 211 g/mol. The minimum Gasteiger partial charge on any atom is -0.361 e. The van der Waals surface area contributed by atoms with Crippen molar-refractivity contribution in [2.75, 3.05) is 20.1 Å². The molecule has 0 radical (unpaired) electrons. The summed E-state index contributed by atoms with van der Waals surface area (Å²) in [5, 5.41) is 0. The van der Waals surface area contributed by atoms with Crippen LogP contribution in [0.1, 0.15) is 5.56 Å². The van der Waals surface area contributed by atoms with Gasteiger partial charge in [-0.3, -0.25) is 4.99 Å². The van der Waals surface area contributed by atoms with Gasteiger partial charge in [0.25, 0.3) is 0 Å². The molecule has 14 heavy (non-hydrogen) atoms. The monoisotopic (exact) mass is 210 g/mol. The number of hydrogen-bond acceptors (Lipinski definition) is 2. The van der Waals surface area contributed by atoms with Crippen LogP contribution in [-0.2, 0) is 6.42 Å². The fourth-order valence-electron chi connectivity index (χ4n) is 1.55. The molecule has 1 aromatic carbocycles. The predicted molar refractivity (Wildman–Crippen MR) is 62.3 cm³/mol. The summed E-state index contributed by atoms with van der Waals surface area (Å²) in [5.74, 6) is 1.21. The van der Waals surface area contributed by atoms with E-state index in [-0.39, 0.29) is 12.4 Å². The van der Waals surface area contributed by atoms with Gasteiger partial charge < -0.3 is 4.90 Å². The van der Waals surface area contributed by atoms with Gasteiger partial charge >= 0.3 is 0 Å². The lowest BCUT2D eigenvalue weighted by molar-refractivity contribution is 0.548. The van der Waals surface area contributed by atoms with E-state index in [9.17, 15) is 0 Å². The Kier molecular flexibility index (Phi) is 3.96. The molecule has 1 aliphatic heterocycles. The molecule has 0 unspecified atom stereocenters. The highest BCUT2D eigenvalue weighted by molar-refractivity contribution is 5.85. The first-order valence-electron chi connectivity index (χ1n) is 4.64. The molecule has 76 valence electrons. The third kappa shape index (κ3) is 2.48. The van der Waals surface area contributed by atoms with E-state index in [2.05, 4.69) is 41.2 Å². The van der Waals surface area contributed by atoms with Crippen LogP contribution in [-0.4, -0.2) is 30.9 Å². The lowest BCUT2D eigenvalue weighted by atomic mass is 10.1. The second-order valence-corrected chi connectivity index (χ2v) is 3.38. The summed E-state index contributed by atoms with van der Waals surface area (Å²) >= 11 is 0. The van der Waals surface area contributed by atoms with E-state index in [0.717, 1.165) is 19.5 Å². The van der Waals surface area contributed by atoms with Crippen molar-refractivity contribution in [2.45, 2.75) is 6.42 Å². The van der Waals surface area contributed by atoms with Gasteiger partial charge in [0.05, 0.1) is 6.54 Å². The van der Waals surface area contributed by atoms with E-state index in [0.29, 0.717) is 0 Å².